The molecule has 0 spiro atoms. The number of amides is 1. The number of carbonyl (C=O) groups is 1. The summed E-state index contributed by atoms with van der Waals surface area (Å²) >= 11 is 0. The van der Waals surface area contributed by atoms with Crippen LogP contribution in [0, 0.1) is 18.8 Å². The first-order valence-corrected chi connectivity index (χ1v) is 11.0. The van der Waals surface area contributed by atoms with E-state index in [1.54, 1.807) is 18.7 Å². The molecular formula is C18H30N4O3S. The van der Waals surface area contributed by atoms with Gasteiger partial charge < -0.3 is 5.32 Å². The molecule has 7 nitrogen and oxygen atoms in total. The van der Waals surface area contributed by atoms with Crippen LogP contribution in [0.2, 0.25) is 0 Å². The van der Waals surface area contributed by atoms with Crippen molar-refractivity contribution in [3.8, 4) is 0 Å². The first-order valence-electron chi connectivity index (χ1n) is 9.60. The minimum atomic E-state index is -3.61. The van der Waals surface area contributed by atoms with Gasteiger partial charge in [-0.15, -0.1) is 0 Å². The molecule has 1 amide bonds. The van der Waals surface area contributed by atoms with Crippen LogP contribution in [0.15, 0.2) is 11.1 Å². The summed E-state index contributed by atoms with van der Waals surface area (Å²) in [6.07, 6.45) is 7.40. The molecule has 3 rings (SSSR count). The number of carbonyl (C=O) groups excluding carboxylic acids is 1. The van der Waals surface area contributed by atoms with Crippen LogP contribution in [0.1, 0.15) is 51.1 Å². The highest BCUT2D eigenvalue weighted by Gasteiger charge is 2.36. The molecule has 0 bridgehead atoms. The molecule has 0 radical (unpaired) electrons. The highest BCUT2D eigenvalue weighted by atomic mass is 32.2. The Morgan fingerprint density at radius 3 is 2.62 bits per heavy atom. The molecule has 2 fully saturated rings. The summed E-state index contributed by atoms with van der Waals surface area (Å²) in [7, 11) is -1.88. The fraction of sp³-hybridized carbons (Fsp3) is 0.778. The second-order valence-electron chi connectivity index (χ2n) is 7.80. The van der Waals surface area contributed by atoms with Crippen molar-refractivity contribution in [3.63, 3.8) is 0 Å². The predicted octanol–water partition coefficient (Wildman–Crippen LogP) is 1.82. The fourth-order valence-corrected chi connectivity index (χ4v) is 5.79. The minimum Gasteiger partial charge on any atom is -0.353 e. The van der Waals surface area contributed by atoms with Crippen LogP contribution in [0.25, 0.3) is 0 Å². The summed E-state index contributed by atoms with van der Waals surface area (Å²) < 4.78 is 29.0. The van der Waals surface area contributed by atoms with Crippen LogP contribution in [0.5, 0.6) is 0 Å². The molecule has 1 aromatic rings. The van der Waals surface area contributed by atoms with Gasteiger partial charge in [-0.3, -0.25) is 9.48 Å². The van der Waals surface area contributed by atoms with Crippen LogP contribution < -0.4 is 5.32 Å². The molecule has 0 unspecified atom stereocenters. The number of hydrogen-bond donors (Lipinski definition) is 1. The third-order valence-electron chi connectivity index (χ3n) is 6.00. The Kier molecular flexibility index (Phi) is 5.72. The van der Waals surface area contributed by atoms with Crippen molar-refractivity contribution in [1.29, 1.82) is 0 Å². The van der Waals surface area contributed by atoms with Gasteiger partial charge in [0.1, 0.15) is 4.90 Å². The molecule has 1 aromatic heterocycles. The molecule has 2 heterocycles. The highest BCUT2D eigenvalue weighted by molar-refractivity contribution is 7.89. The van der Waals surface area contributed by atoms with Crippen LogP contribution in [0.3, 0.4) is 0 Å². The maximum absolute atomic E-state index is 13.0. The smallest absolute Gasteiger partial charge is 0.246 e. The normalized spacial score (nSPS) is 28.0. The number of piperidine rings is 1. The second-order valence-corrected chi connectivity index (χ2v) is 9.70. The van der Waals surface area contributed by atoms with E-state index in [4.69, 9.17) is 0 Å². The van der Waals surface area contributed by atoms with Crippen LogP contribution in [0.4, 0.5) is 0 Å². The molecule has 3 atom stereocenters. The van der Waals surface area contributed by atoms with E-state index in [2.05, 4.69) is 17.3 Å². The molecule has 1 aliphatic carbocycles. The van der Waals surface area contributed by atoms with Crippen molar-refractivity contribution >= 4 is 15.9 Å². The molecular weight excluding hydrogens is 352 g/mol. The van der Waals surface area contributed by atoms with Crippen molar-refractivity contribution in [2.24, 2.45) is 18.9 Å². The number of aryl methyl sites for hydroxylation is 1. The zero-order chi connectivity index (χ0) is 18.9. The van der Waals surface area contributed by atoms with Crippen molar-refractivity contribution in [3.05, 3.63) is 11.9 Å². The molecule has 1 saturated carbocycles. The van der Waals surface area contributed by atoms with Gasteiger partial charge in [-0.2, -0.15) is 9.40 Å². The van der Waals surface area contributed by atoms with Gasteiger partial charge in [0.05, 0.1) is 17.8 Å². The first-order chi connectivity index (χ1) is 12.3. The maximum Gasteiger partial charge on any atom is 0.246 e. The summed E-state index contributed by atoms with van der Waals surface area (Å²) in [4.78, 5) is 13.0. The van der Waals surface area contributed by atoms with Gasteiger partial charge in [-0.1, -0.05) is 19.8 Å². The zero-order valence-electron chi connectivity index (χ0n) is 15.9. The van der Waals surface area contributed by atoms with Crippen molar-refractivity contribution in [2.45, 2.75) is 63.3 Å². The topological polar surface area (TPSA) is 84.3 Å². The van der Waals surface area contributed by atoms with Gasteiger partial charge in [-0.05, 0) is 38.5 Å². The van der Waals surface area contributed by atoms with Crippen molar-refractivity contribution in [2.75, 3.05) is 13.1 Å². The monoisotopic (exact) mass is 382 g/mol. The van der Waals surface area contributed by atoms with Gasteiger partial charge in [0.15, 0.2) is 0 Å². The molecule has 26 heavy (non-hydrogen) atoms. The van der Waals surface area contributed by atoms with Gasteiger partial charge in [-0.25, -0.2) is 8.42 Å². The summed E-state index contributed by atoms with van der Waals surface area (Å²) in [5, 5.41) is 7.24. The quantitative estimate of drug-likeness (QED) is 0.861. The maximum atomic E-state index is 13.0. The number of sulfonamides is 1. The Morgan fingerprint density at radius 2 is 1.96 bits per heavy atom. The number of hydrogen-bond acceptors (Lipinski definition) is 4. The Balaban J connectivity index is 1.68. The van der Waals surface area contributed by atoms with Gasteiger partial charge in [0.25, 0.3) is 0 Å². The van der Waals surface area contributed by atoms with E-state index in [1.165, 1.54) is 16.9 Å². The third kappa shape index (κ3) is 3.81. The molecule has 1 N–H and O–H groups in total. The Bertz CT molecular complexity index is 758. The van der Waals surface area contributed by atoms with E-state index in [0.29, 0.717) is 24.6 Å². The average Bonchev–Trinajstić information content (AvgIpc) is 2.97. The number of nitrogens with zero attached hydrogens (tertiary/aromatic N) is 3. The number of aromatic nitrogens is 2. The summed E-state index contributed by atoms with van der Waals surface area (Å²) in [6, 6.07) is 0.226. The largest absolute Gasteiger partial charge is 0.353 e. The lowest BCUT2D eigenvalue weighted by Crippen LogP contribution is -2.49. The molecule has 1 saturated heterocycles. The fourth-order valence-electron chi connectivity index (χ4n) is 4.08. The first kappa shape index (κ1) is 19.4. The van der Waals surface area contributed by atoms with Gasteiger partial charge in [0.2, 0.25) is 15.9 Å². The molecule has 146 valence electrons. The van der Waals surface area contributed by atoms with Crippen molar-refractivity contribution in [1.82, 2.24) is 19.4 Å². The minimum absolute atomic E-state index is 0.00607. The Morgan fingerprint density at radius 1 is 1.23 bits per heavy atom. The van der Waals surface area contributed by atoms with Gasteiger partial charge in [0, 0.05) is 26.2 Å². The number of nitrogens with one attached hydrogen (secondary N) is 1. The van der Waals surface area contributed by atoms with Crippen LogP contribution in [-0.4, -0.2) is 47.5 Å². The van der Waals surface area contributed by atoms with E-state index in [0.717, 1.165) is 25.7 Å². The second kappa shape index (κ2) is 7.68. The van der Waals surface area contributed by atoms with Gasteiger partial charge >= 0.3 is 0 Å². The molecule has 0 aromatic carbocycles. The average molecular weight is 383 g/mol. The van der Waals surface area contributed by atoms with Crippen LogP contribution in [-0.2, 0) is 21.9 Å². The molecule has 2 aliphatic rings. The van der Waals surface area contributed by atoms with E-state index in [-0.39, 0.29) is 29.3 Å². The lowest BCUT2D eigenvalue weighted by Gasteiger charge is -2.34. The predicted molar refractivity (Wildman–Crippen MR) is 99.0 cm³/mol. The lowest BCUT2D eigenvalue weighted by molar-refractivity contribution is -0.127. The van der Waals surface area contributed by atoms with Crippen molar-refractivity contribution < 1.29 is 13.2 Å². The Labute approximate surface area is 156 Å². The van der Waals surface area contributed by atoms with E-state index >= 15 is 0 Å². The zero-order valence-corrected chi connectivity index (χ0v) is 16.8. The van der Waals surface area contributed by atoms with E-state index < -0.39 is 10.0 Å². The summed E-state index contributed by atoms with van der Waals surface area (Å²) in [5.74, 6) is 0.227. The standard InChI is InChI=1S/C18H30N4O3S/c1-13-7-4-5-9-16(13)20-18(23)15-8-6-10-22(12-15)26(24,25)17-11-19-21(3)14(17)2/h11,13,15-16H,4-10,12H2,1-3H3,(H,20,23)/t13-,15+,16+/m1/s1. The molecule has 8 heteroatoms. The summed E-state index contributed by atoms with van der Waals surface area (Å²) in [6.45, 7) is 4.65. The van der Waals surface area contributed by atoms with Crippen LogP contribution >= 0.6 is 0 Å². The van der Waals surface area contributed by atoms with E-state index in [9.17, 15) is 13.2 Å². The summed E-state index contributed by atoms with van der Waals surface area (Å²) in [5.41, 5.74) is 0.618. The number of rotatable bonds is 4. The SMILES string of the molecule is Cc1c(S(=O)(=O)N2CCC[C@H](C(=O)N[C@H]3CCCC[C@H]3C)C2)cnn1C. The molecule has 1 aliphatic heterocycles. The highest BCUT2D eigenvalue weighted by Crippen LogP contribution is 2.27. The Hall–Kier alpha value is -1.41. The van der Waals surface area contributed by atoms with E-state index in [1.807, 2.05) is 0 Å². The third-order valence-corrected chi connectivity index (χ3v) is 7.97. The lowest BCUT2D eigenvalue weighted by atomic mass is 9.85.